The molecule has 2 aromatic carbocycles. The van der Waals surface area contributed by atoms with Crippen molar-refractivity contribution in [2.75, 3.05) is 31.7 Å². The van der Waals surface area contributed by atoms with E-state index in [2.05, 4.69) is 30.1 Å². The Morgan fingerprint density at radius 2 is 2.05 bits per heavy atom. The predicted molar refractivity (Wildman–Crippen MR) is 85.5 cm³/mol. The molecular weight excluding hydrogens is 260 g/mol. The van der Waals surface area contributed by atoms with E-state index in [1.54, 1.807) is 0 Å². The van der Waals surface area contributed by atoms with Gasteiger partial charge in [0.15, 0.2) is 0 Å². The first kappa shape index (κ1) is 13.9. The number of benzene rings is 2. The van der Waals surface area contributed by atoms with Crippen LogP contribution >= 0.6 is 0 Å². The summed E-state index contributed by atoms with van der Waals surface area (Å²) in [4.78, 5) is 2.29. The molecule has 0 N–H and O–H groups in total. The number of nitriles is 1. The fraction of sp³-hybridized carbons (Fsp3) is 0.389. The van der Waals surface area contributed by atoms with Crippen LogP contribution in [0.1, 0.15) is 18.4 Å². The van der Waals surface area contributed by atoms with Gasteiger partial charge in [0.2, 0.25) is 0 Å². The zero-order chi connectivity index (χ0) is 14.7. The monoisotopic (exact) mass is 280 g/mol. The van der Waals surface area contributed by atoms with Crippen molar-refractivity contribution in [3.8, 4) is 6.07 Å². The molecule has 1 heterocycles. The van der Waals surface area contributed by atoms with Gasteiger partial charge in [0, 0.05) is 36.7 Å². The van der Waals surface area contributed by atoms with Crippen molar-refractivity contribution >= 4 is 16.5 Å². The van der Waals surface area contributed by atoms with E-state index in [-0.39, 0.29) is 0 Å². The molecule has 3 heteroatoms. The van der Waals surface area contributed by atoms with Gasteiger partial charge in [0.25, 0.3) is 0 Å². The van der Waals surface area contributed by atoms with Crippen LogP contribution in [0.5, 0.6) is 0 Å². The Balaban J connectivity index is 1.91. The van der Waals surface area contributed by atoms with Crippen LogP contribution < -0.4 is 4.90 Å². The lowest BCUT2D eigenvalue weighted by atomic mass is 10.00. The van der Waals surface area contributed by atoms with E-state index >= 15 is 0 Å². The Labute approximate surface area is 125 Å². The molecule has 0 saturated carbocycles. The van der Waals surface area contributed by atoms with Crippen LogP contribution in [0, 0.1) is 17.2 Å². The van der Waals surface area contributed by atoms with Crippen LogP contribution in [0.3, 0.4) is 0 Å². The zero-order valence-corrected chi connectivity index (χ0v) is 12.4. The quantitative estimate of drug-likeness (QED) is 0.862. The minimum atomic E-state index is 0.596. The summed E-state index contributed by atoms with van der Waals surface area (Å²) < 4.78 is 5.57. The molecule has 1 aliphatic heterocycles. The van der Waals surface area contributed by atoms with Gasteiger partial charge in [-0.15, -0.1) is 0 Å². The van der Waals surface area contributed by atoms with Gasteiger partial charge >= 0.3 is 0 Å². The lowest BCUT2D eigenvalue weighted by Crippen LogP contribution is -2.30. The molecule has 0 spiro atoms. The highest BCUT2D eigenvalue weighted by Gasteiger charge is 2.17. The van der Waals surface area contributed by atoms with E-state index in [4.69, 9.17) is 4.74 Å². The fourth-order valence-corrected chi connectivity index (χ4v) is 3.15. The summed E-state index contributed by atoms with van der Waals surface area (Å²) in [6.07, 6.45) is 2.39. The number of nitrogens with zero attached hydrogens (tertiary/aromatic N) is 2. The molecule has 0 radical (unpaired) electrons. The molecular formula is C18H20N2O. The third-order valence-corrected chi connectivity index (χ3v) is 4.22. The Kier molecular flexibility index (Phi) is 4.08. The van der Waals surface area contributed by atoms with Crippen LogP contribution in [0.15, 0.2) is 36.4 Å². The zero-order valence-electron chi connectivity index (χ0n) is 12.4. The van der Waals surface area contributed by atoms with Gasteiger partial charge in [-0.3, -0.25) is 0 Å². The summed E-state index contributed by atoms with van der Waals surface area (Å²) in [5.74, 6) is 0.596. The Hall–Kier alpha value is -2.05. The summed E-state index contributed by atoms with van der Waals surface area (Å²) in [5.41, 5.74) is 1.93. The summed E-state index contributed by atoms with van der Waals surface area (Å²) in [6, 6.07) is 14.4. The molecule has 3 nitrogen and oxygen atoms in total. The average Bonchev–Trinajstić information content (AvgIpc) is 2.54. The number of ether oxygens (including phenoxy) is 1. The summed E-state index contributed by atoms with van der Waals surface area (Å²) in [5, 5.41) is 11.4. The minimum Gasteiger partial charge on any atom is -0.381 e. The van der Waals surface area contributed by atoms with Crippen molar-refractivity contribution in [1.82, 2.24) is 0 Å². The van der Waals surface area contributed by atoms with E-state index in [9.17, 15) is 5.26 Å². The van der Waals surface area contributed by atoms with Gasteiger partial charge in [0.1, 0.15) is 0 Å². The normalized spacial score (nSPS) is 18.4. The fourth-order valence-electron chi connectivity index (χ4n) is 3.15. The number of hydrogen-bond donors (Lipinski definition) is 0. The Bertz CT molecular complexity index is 668. The lowest BCUT2D eigenvalue weighted by Gasteiger charge is -2.29. The van der Waals surface area contributed by atoms with E-state index in [0.717, 1.165) is 42.5 Å². The maximum Gasteiger partial charge on any atom is 0.0998 e. The number of hydrogen-bond acceptors (Lipinski definition) is 3. The molecule has 1 atom stereocenters. The first-order valence-corrected chi connectivity index (χ1v) is 7.50. The first-order chi connectivity index (χ1) is 10.3. The Morgan fingerprint density at radius 3 is 2.76 bits per heavy atom. The van der Waals surface area contributed by atoms with Crippen molar-refractivity contribution in [2.24, 2.45) is 5.92 Å². The standard InChI is InChI=1S/C18H20N2O/c1-20(12-14-5-4-10-21-13-14)18-9-8-15(11-19)16-6-2-3-7-17(16)18/h2-3,6-9,14H,4-5,10,12-13H2,1H3. The van der Waals surface area contributed by atoms with E-state index in [1.165, 1.54) is 12.1 Å². The number of fused-ring (bicyclic) bond motifs is 1. The van der Waals surface area contributed by atoms with E-state index < -0.39 is 0 Å². The third-order valence-electron chi connectivity index (χ3n) is 4.22. The molecule has 108 valence electrons. The van der Waals surface area contributed by atoms with E-state index in [0.29, 0.717) is 5.92 Å². The highest BCUT2D eigenvalue weighted by molar-refractivity contribution is 5.97. The average molecular weight is 280 g/mol. The van der Waals surface area contributed by atoms with Gasteiger partial charge in [0.05, 0.1) is 18.2 Å². The second kappa shape index (κ2) is 6.15. The van der Waals surface area contributed by atoms with Crippen LogP contribution in [-0.2, 0) is 4.74 Å². The van der Waals surface area contributed by atoms with Crippen molar-refractivity contribution in [1.29, 1.82) is 5.26 Å². The van der Waals surface area contributed by atoms with Gasteiger partial charge < -0.3 is 9.64 Å². The number of anilines is 1. The molecule has 21 heavy (non-hydrogen) atoms. The summed E-state index contributed by atoms with van der Waals surface area (Å²) in [7, 11) is 2.13. The molecule has 0 aromatic heterocycles. The molecule has 1 unspecified atom stereocenters. The van der Waals surface area contributed by atoms with Crippen LogP contribution in [-0.4, -0.2) is 26.8 Å². The van der Waals surface area contributed by atoms with Crippen molar-refractivity contribution in [3.05, 3.63) is 42.0 Å². The topological polar surface area (TPSA) is 36.3 Å². The molecule has 0 amide bonds. The second-order valence-electron chi connectivity index (χ2n) is 5.75. The molecule has 0 aliphatic carbocycles. The van der Waals surface area contributed by atoms with Gasteiger partial charge in [-0.2, -0.15) is 5.26 Å². The highest BCUT2D eigenvalue weighted by Crippen LogP contribution is 2.29. The van der Waals surface area contributed by atoms with Gasteiger partial charge in [-0.1, -0.05) is 24.3 Å². The maximum atomic E-state index is 9.25. The molecule has 3 rings (SSSR count). The van der Waals surface area contributed by atoms with Crippen LogP contribution in [0.25, 0.3) is 10.8 Å². The van der Waals surface area contributed by atoms with Crippen LogP contribution in [0.4, 0.5) is 5.69 Å². The molecule has 1 fully saturated rings. The summed E-state index contributed by atoms with van der Waals surface area (Å²) >= 11 is 0. The maximum absolute atomic E-state index is 9.25. The second-order valence-corrected chi connectivity index (χ2v) is 5.75. The molecule has 1 aliphatic rings. The van der Waals surface area contributed by atoms with Crippen LogP contribution in [0.2, 0.25) is 0 Å². The Morgan fingerprint density at radius 1 is 1.24 bits per heavy atom. The highest BCUT2D eigenvalue weighted by atomic mass is 16.5. The smallest absolute Gasteiger partial charge is 0.0998 e. The molecule has 1 saturated heterocycles. The largest absolute Gasteiger partial charge is 0.381 e. The number of rotatable bonds is 3. The van der Waals surface area contributed by atoms with Crippen molar-refractivity contribution in [3.63, 3.8) is 0 Å². The first-order valence-electron chi connectivity index (χ1n) is 7.50. The predicted octanol–water partition coefficient (Wildman–Crippen LogP) is 3.57. The van der Waals surface area contributed by atoms with Crippen molar-refractivity contribution in [2.45, 2.75) is 12.8 Å². The SMILES string of the molecule is CN(CC1CCCOC1)c1ccc(C#N)c2ccccc12. The lowest BCUT2D eigenvalue weighted by molar-refractivity contribution is 0.0576. The minimum absolute atomic E-state index is 0.596. The van der Waals surface area contributed by atoms with Crippen molar-refractivity contribution < 1.29 is 4.74 Å². The van der Waals surface area contributed by atoms with Gasteiger partial charge in [-0.25, -0.2) is 0 Å². The third kappa shape index (κ3) is 2.86. The van der Waals surface area contributed by atoms with Gasteiger partial charge in [-0.05, 0) is 30.9 Å². The molecule has 0 bridgehead atoms. The summed E-state index contributed by atoms with van der Waals surface area (Å²) in [6.45, 7) is 2.76. The molecule has 2 aromatic rings. The van der Waals surface area contributed by atoms with E-state index in [1.807, 2.05) is 24.3 Å².